The Labute approximate surface area is 107 Å². The molecule has 2 unspecified atom stereocenters. The predicted octanol–water partition coefficient (Wildman–Crippen LogP) is 0.915. The molecular weight excluding hydrogens is 228 g/mol. The van der Waals surface area contributed by atoms with Crippen LogP contribution in [0.15, 0.2) is 18.3 Å². The van der Waals surface area contributed by atoms with E-state index in [1.54, 1.807) is 12.3 Å². The zero-order valence-electron chi connectivity index (χ0n) is 10.9. The molecule has 5 nitrogen and oxygen atoms in total. The maximum absolute atomic E-state index is 11.3. The first kappa shape index (κ1) is 13.0. The van der Waals surface area contributed by atoms with Crippen LogP contribution in [0.2, 0.25) is 0 Å². The summed E-state index contributed by atoms with van der Waals surface area (Å²) in [6, 6.07) is 4.25. The van der Waals surface area contributed by atoms with E-state index in [-0.39, 0.29) is 5.91 Å². The van der Waals surface area contributed by atoms with Crippen LogP contribution in [0, 0.1) is 5.92 Å². The maximum Gasteiger partial charge on any atom is 0.266 e. The van der Waals surface area contributed by atoms with E-state index in [4.69, 9.17) is 5.84 Å². The lowest BCUT2D eigenvalue weighted by Crippen LogP contribution is -2.30. The van der Waals surface area contributed by atoms with Gasteiger partial charge in [0, 0.05) is 25.3 Å². The van der Waals surface area contributed by atoms with E-state index in [1.807, 2.05) is 6.07 Å². The molecule has 0 aliphatic carbocycles. The summed E-state index contributed by atoms with van der Waals surface area (Å²) >= 11 is 0. The van der Waals surface area contributed by atoms with E-state index >= 15 is 0 Å². The predicted molar refractivity (Wildman–Crippen MR) is 69.5 cm³/mol. The maximum atomic E-state index is 11.3. The molecule has 0 spiro atoms. The molecule has 18 heavy (non-hydrogen) atoms. The standard InChI is InChI=1S/C13H20N4O/c1-9-5-10(2)17(7-9)8-12-4-3-11(6-15-12)13(18)16-14/h3-4,6,9-10H,5,7-8,14H2,1-2H3,(H,16,18). The van der Waals surface area contributed by atoms with Gasteiger partial charge in [0.2, 0.25) is 0 Å². The van der Waals surface area contributed by atoms with Gasteiger partial charge in [-0.3, -0.25) is 20.1 Å². The van der Waals surface area contributed by atoms with Crippen molar-refractivity contribution in [3.63, 3.8) is 0 Å². The molecule has 0 bridgehead atoms. The SMILES string of the molecule is CC1CC(C)N(Cc2ccc(C(=O)NN)cn2)C1. The van der Waals surface area contributed by atoms with Crippen molar-refractivity contribution in [2.75, 3.05) is 6.54 Å². The lowest BCUT2D eigenvalue weighted by Gasteiger charge is -2.20. The molecule has 2 heterocycles. The number of rotatable bonds is 3. The van der Waals surface area contributed by atoms with Gasteiger partial charge in [0.25, 0.3) is 5.91 Å². The molecule has 0 aromatic carbocycles. The lowest BCUT2D eigenvalue weighted by molar-refractivity contribution is 0.0953. The van der Waals surface area contributed by atoms with Crippen LogP contribution in [-0.2, 0) is 6.54 Å². The first-order valence-corrected chi connectivity index (χ1v) is 6.30. The molecule has 0 saturated carbocycles. The summed E-state index contributed by atoms with van der Waals surface area (Å²) in [6.45, 7) is 6.49. The first-order valence-electron chi connectivity index (χ1n) is 6.30. The monoisotopic (exact) mass is 248 g/mol. The number of carbonyl (C=O) groups excluding carboxylic acids is 1. The van der Waals surface area contributed by atoms with Crippen LogP contribution in [-0.4, -0.2) is 28.4 Å². The summed E-state index contributed by atoms with van der Waals surface area (Å²) in [6.07, 6.45) is 2.81. The van der Waals surface area contributed by atoms with Crippen molar-refractivity contribution >= 4 is 5.91 Å². The number of nitrogens with two attached hydrogens (primary N) is 1. The number of hydrazine groups is 1. The number of carbonyl (C=O) groups is 1. The Kier molecular flexibility index (Phi) is 3.93. The number of aromatic nitrogens is 1. The van der Waals surface area contributed by atoms with E-state index in [9.17, 15) is 4.79 Å². The molecule has 3 N–H and O–H groups in total. The molecule has 1 aromatic heterocycles. The highest BCUT2D eigenvalue weighted by Gasteiger charge is 2.26. The first-order chi connectivity index (χ1) is 8.60. The Morgan fingerprint density at radius 1 is 1.56 bits per heavy atom. The summed E-state index contributed by atoms with van der Waals surface area (Å²) in [5, 5.41) is 0. The van der Waals surface area contributed by atoms with Gasteiger partial charge in [0.05, 0.1) is 11.3 Å². The van der Waals surface area contributed by atoms with Gasteiger partial charge in [-0.15, -0.1) is 0 Å². The van der Waals surface area contributed by atoms with Crippen LogP contribution in [0.3, 0.4) is 0 Å². The van der Waals surface area contributed by atoms with Gasteiger partial charge >= 0.3 is 0 Å². The highest BCUT2D eigenvalue weighted by Crippen LogP contribution is 2.23. The third kappa shape index (κ3) is 2.86. The van der Waals surface area contributed by atoms with Crippen LogP contribution in [0.5, 0.6) is 0 Å². The molecule has 1 amide bonds. The zero-order chi connectivity index (χ0) is 13.1. The van der Waals surface area contributed by atoms with Crippen molar-refractivity contribution in [2.45, 2.75) is 32.9 Å². The second kappa shape index (κ2) is 5.46. The Hall–Kier alpha value is -1.46. The van der Waals surface area contributed by atoms with Crippen molar-refractivity contribution in [1.82, 2.24) is 15.3 Å². The number of likely N-dealkylation sites (tertiary alicyclic amines) is 1. The number of nitrogens with zero attached hydrogens (tertiary/aromatic N) is 2. The van der Waals surface area contributed by atoms with Crippen LogP contribution in [0.4, 0.5) is 0 Å². The van der Waals surface area contributed by atoms with Gasteiger partial charge in [-0.05, 0) is 31.4 Å². The average molecular weight is 248 g/mol. The molecule has 2 atom stereocenters. The Balaban J connectivity index is 2.00. The minimum absolute atomic E-state index is 0.308. The van der Waals surface area contributed by atoms with Crippen LogP contribution < -0.4 is 11.3 Å². The molecule has 1 aromatic rings. The summed E-state index contributed by atoms with van der Waals surface area (Å²) in [5.74, 6) is 5.52. The number of hydrogen-bond acceptors (Lipinski definition) is 4. The zero-order valence-corrected chi connectivity index (χ0v) is 10.9. The van der Waals surface area contributed by atoms with Gasteiger partial charge in [0.15, 0.2) is 0 Å². The smallest absolute Gasteiger partial charge is 0.266 e. The fraction of sp³-hybridized carbons (Fsp3) is 0.538. The van der Waals surface area contributed by atoms with Gasteiger partial charge in [-0.2, -0.15) is 0 Å². The van der Waals surface area contributed by atoms with Crippen LogP contribution >= 0.6 is 0 Å². The molecule has 5 heteroatoms. The number of hydrogen-bond donors (Lipinski definition) is 2. The number of nitrogens with one attached hydrogen (secondary N) is 1. The van der Waals surface area contributed by atoms with Crippen LogP contribution in [0.25, 0.3) is 0 Å². The average Bonchev–Trinajstić information content (AvgIpc) is 2.68. The highest BCUT2D eigenvalue weighted by molar-refractivity contribution is 5.93. The van der Waals surface area contributed by atoms with Crippen molar-refractivity contribution in [3.8, 4) is 0 Å². The molecule has 1 aliphatic rings. The van der Waals surface area contributed by atoms with E-state index in [1.165, 1.54) is 6.42 Å². The third-order valence-electron chi connectivity index (χ3n) is 3.50. The topological polar surface area (TPSA) is 71.2 Å². The Morgan fingerprint density at radius 3 is 2.83 bits per heavy atom. The summed E-state index contributed by atoms with van der Waals surface area (Å²) < 4.78 is 0. The molecule has 2 rings (SSSR count). The van der Waals surface area contributed by atoms with Crippen molar-refractivity contribution in [1.29, 1.82) is 0 Å². The minimum Gasteiger partial charge on any atom is -0.295 e. The summed E-state index contributed by atoms with van der Waals surface area (Å²) in [5.41, 5.74) is 3.58. The fourth-order valence-corrected chi connectivity index (χ4v) is 2.55. The second-order valence-corrected chi connectivity index (χ2v) is 5.13. The van der Waals surface area contributed by atoms with E-state index in [0.29, 0.717) is 11.6 Å². The molecule has 1 fully saturated rings. The summed E-state index contributed by atoms with van der Waals surface area (Å²) in [7, 11) is 0. The molecule has 1 saturated heterocycles. The number of pyridine rings is 1. The van der Waals surface area contributed by atoms with Crippen molar-refractivity contribution in [2.24, 2.45) is 11.8 Å². The van der Waals surface area contributed by atoms with Gasteiger partial charge in [-0.1, -0.05) is 6.92 Å². The minimum atomic E-state index is -0.308. The largest absolute Gasteiger partial charge is 0.295 e. The number of amides is 1. The Morgan fingerprint density at radius 2 is 2.33 bits per heavy atom. The highest BCUT2D eigenvalue weighted by atomic mass is 16.2. The second-order valence-electron chi connectivity index (χ2n) is 5.13. The summed E-state index contributed by atoms with van der Waals surface area (Å²) in [4.78, 5) is 18.0. The van der Waals surface area contributed by atoms with Gasteiger partial charge in [0.1, 0.15) is 0 Å². The van der Waals surface area contributed by atoms with Gasteiger partial charge in [-0.25, -0.2) is 5.84 Å². The Bertz CT molecular complexity index is 418. The lowest BCUT2D eigenvalue weighted by atomic mass is 10.1. The molecule has 1 aliphatic heterocycles. The fourth-order valence-electron chi connectivity index (χ4n) is 2.55. The quantitative estimate of drug-likeness (QED) is 0.474. The van der Waals surface area contributed by atoms with Crippen molar-refractivity contribution in [3.05, 3.63) is 29.6 Å². The van der Waals surface area contributed by atoms with E-state index < -0.39 is 0 Å². The van der Waals surface area contributed by atoms with Crippen molar-refractivity contribution < 1.29 is 4.79 Å². The molecule has 0 radical (unpaired) electrons. The third-order valence-corrected chi connectivity index (χ3v) is 3.50. The molecule has 98 valence electrons. The normalized spacial score (nSPS) is 24.2. The van der Waals surface area contributed by atoms with E-state index in [2.05, 4.69) is 29.2 Å². The number of nitrogen functional groups attached to an aromatic ring is 1. The van der Waals surface area contributed by atoms with E-state index in [0.717, 1.165) is 24.7 Å². The molecular formula is C13H20N4O. The van der Waals surface area contributed by atoms with Crippen LogP contribution in [0.1, 0.15) is 36.3 Å². The van der Waals surface area contributed by atoms with Gasteiger partial charge < -0.3 is 0 Å².